The molecule has 0 amide bonds. The molecule has 1 aromatic carbocycles. The van der Waals surface area contributed by atoms with Gasteiger partial charge in [0, 0.05) is 12.1 Å². The lowest BCUT2D eigenvalue weighted by atomic mass is 10.1. The molecule has 2 atom stereocenters. The molecule has 1 aliphatic heterocycles. The molecule has 1 N–H and O–H groups in total. The lowest BCUT2D eigenvalue weighted by molar-refractivity contribution is 0.440. The van der Waals surface area contributed by atoms with Crippen LogP contribution in [0, 0.1) is 0 Å². The van der Waals surface area contributed by atoms with Crippen LogP contribution in [0.3, 0.4) is 0 Å². The maximum atomic E-state index is 11.9. The first-order chi connectivity index (χ1) is 8.41. The van der Waals surface area contributed by atoms with E-state index in [1.54, 1.807) is 12.1 Å². The fourth-order valence-corrected chi connectivity index (χ4v) is 4.35. The van der Waals surface area contributed by atoms with E-state index in [1.807, 2.05) is 13.0 Å². The molecule has 0 saturated carbocycles. The highest BCUT2D eigenvalue weighted by atomic mass is 35.5. The molecule has 2 rings (SSSR count). The zero-order valence-corrected chi connectivity index (χ0v) is 12.3. The van der Waals surface area contributed by atoms with Crippen LogP contribution < -0.4 is 5.32 Å². The molecule has 0 aromatic heterocycles. The highest BCUT2D eigenvalue weighted by Gasteiger charge is 2.31. The van der Waals surface area contributed by atoms with Gasteiger partial charge in [0.1, 0.15) is 0 Å². The second kappa shape index (κ2) is 5.37. The Morgan fingerprint density at radius 2 is 2.00 bits per heavy atom. The first-order valence-corrected chi connectivity index (χ1v) is 8.40. The van der Waals surface area contributed by atoms with E-state index in [2.05, 4.69) is 5.32 Å². The molecule has 0 bridgehead atoms. The van der Waals surface area contributed by atoms with E-state index in [4.69, 9.17) is 23.2 Å². The first kappa shape index (κ1) is 14.1. The van der Waals surface area contributed by atoms with E-state index in [0.29, 0.717) is 10.0 Å². The lowest BCUT2D eigenvalue weighted by Crippen LogP contribution is -2.46. The number of hydrogen-bond donors (Lipinski definition) is 1. The Morgan fingerprint density at radius 3 is 2.61 bits per heavy atom. The van der Waals surface area contributed by atoms with Crippen LogP contribution in [0.2, 0.25) is 10.0 Å². The lowest BCUT2D eigenvalue weighted by Gasteiger charge is -2.30. The average Bonchev–Trinajstić information content (AvgIpc) is 2.30. The van der Waals surface area contributed by atoms with E-state index >= 15 is 0 Å². The normalized spacial score (nSPS) is 27.1. The van der Waals surface area contributed by atoms with Crippen molar-refractivity contribution in [2.24, 2.45) is 0 Å². The van der Waals surface area contributed by atoms with Crippen molar-refractivity contribution in [2.75, 3.05) is 11.5 Å². The molecule has 0 spiro atoms. The van der Waals surface area contributed by atoms with Gasteiger partial charge in [-0.05, 0) is 24.1 Å². The minimum atomic E-state index is -3.00. The van der Waals surface area contributed by atoms with Gasteiger partial charge >= 0.3 is 0 Å². The third kappa shape index (κ3) is 3.18. The van der Waals surface area contributed by atoms with Crippen LogP contribution in [0.15, 0.2) is 18.2 Å². The standard InChI is InChI=1S/C12H15Cl2NO2S/c1-2-9-6-18(16,17)7-12(15-9)8-3-4-10(13)11(14)5-8/h3-5,9,12,15H,2,6-7H2,1H3. The zero-order valence-electron chi connectivity index (χ0n) is 9.99. The van der Waals surface area contributed by atoms with Crippen LogP contribution in [-0.4, -0.2) is 26.0 Å². The summed E-state index contributed by atoms with van der Waals surface area (Å²) < 4.78 is 23.7. The van der Waals surface area contributed by atoms with Gasteiger partial charge in [0.2, 0.25) is 0 Å². The quantitative estimate of drug-likeness (QED) is 0.914. The minimum absolute atomic E-state index is 0.00297. The van der Waals surface area contributed by atoms with Gasteiger partial charge in [0.25, 0.3) is 0 Å². The molecule has 3 nitrogen and oxygen atoms in total. The van der Waals surface area contributed by atoms with Gasteiger partial charge in [-0.25, -0.2) is 8.42 Å². The summed E-state index contributed by atoms with van der Waals surface area (Å²) in [5.74, 6) is 0.322. The SMILES string of the molecule is CCC1CS(=O)(=O)CC(c2ccc(Cl)c(Cl)c2)N1. The second-order valence-corrected chi connectivity index (χ2v) is 7.54. The van der Waals surface area contributed by atoms with Gasteiger partial charge < -0.3 is 5.32 Å². The van der Waals surface area contributed by atoms with Crippen molar-refractivity contribution in [1.82, 2.24) is 5.32 Å². The van der Waals surface area contributed by atoms with Crippen molar-refractivity contribution >= 4 is 33.0 Å². The Morgan fingerprint density at radius 1 is 1.28 bits per heavy atom. The smallest absolute Gasteiger partial charge is 0.153 e. The summed E-state index contributed by atoms with van der Waals surface area (Å²) in [6, 6.07) is 5.05. The summed E-state index contributed by atoms with van der Waals surface area (Å²) in [6.07, 6.45) is 0.789. The largest absolute Gasteiger partial charge is 0.305 e. The minimum Gasteiger partial charge on any atom is -0.305 e. The monoisotopic (exact) mass is 307 g/mol. The van der Waals surface area contributed by atoms with Crippen molar-refractivity contribution in [3.05, 3.63) is 33.8 Å². The number of benzene rings is 1. The van der Waals surface area contributed by atoms with Gasteiger partial charge in [-0.1, -0.05) is 36.2 Å². The highest BCUT2D eigenvalue weighted by molar-refractivity contribution is 7.91. The van der Waals surface area contributed by atoms with Crippen LogP contribution in [-0.2, 0) is 9.84 Å². The molecule has 1 saturated heterocycles. The summed E-state index contributed by atoms with van der Waals surface area (Å²) in [5, 5.41) is 4.27. The Labute approximate surface area is 117 Å². The topological polar surface area (TPSA) is 46.2 Å². The second-order valence-electron chi connectivity index (χ2n) is 4.57. The van der Waals surface area contributed by atoms with Crippen molar-refractivity contribution in [3.63, 3.8) is 0 Å². The van der Waals surface area contributed by atoms with E-state index in [0.717, 1.165) is 12.0 Å². The fourth-order valence-electron chi connectivity index (χ4n) is 2.17. The van der Waals surface area contributed by atoms with Crippen LogP contribution in [0.1, 0.15) is 24.9 Å². The predicted octanol–water partition coefficient (Wildman–Crippen LogP) is 2.83. The summed E-state index contributed by atoms with van der Waals surface area (Å²) >= 11 is 11.8. The Balaban J connectivity index is 2.29. The highest BCUT2D eigenvalue weighted by Crippen LogP contribution is 2.28. The summed E-state index contributed by atoms with van der Waals surface area (Å²) in [7, 11) is -3.00. The zero-order chi connectivity index (χ0) is 13.3. The Bertz CT molecular complexity index is 545. The molecule has 6 heteroatoms. The number of sulfone groups is 1. The van der Waals surface area contributed by atoms with Crippen molar-refractivity contribution in [1.29, 1.82) is 0 Å². The van der Waals surface area contributed by atoms with E-state index in [-0.39, 0.29) is 23.6 Å². The number of rotatable bonds is 2. The maximum Gasteiger partial charge on any atom is 0.153 e. The van der Waals surface area contributed by atoms with E-state index in [9.17, 15) is 8.42 Å². The third-order valence-electron chi connectivity index (χ3n) is 3.15. The number of halogens is 2. The van der Waals surface area contributed by atoms with Crippen LogP contribution in [0.4, 0.5) is 0 Å². The molecule has 0 aliphatic carbocycles. The maximum absolute atomic E-state index is 11.9. The van der Waals surface area contributed by atoms with Crippen molar-refractivity contribution in [2.45, 2.75) is 25.4 Å². The molecular formula is C12H15Cl2NO2S. The van der Waals surface area contributed by atoms with E-state index < -0.39 is 9.84 Å². The Kier molecular flexibility index (Phi) is 4.22. The summed E-state index contributed by atoms with van der Waals surface area (Å²) in [6.45, 7) is 1.98. The van der Waals surface area contributed by atoms with Gasteiger partial charge in [-0.15, -0.1) is 0 Å². The van der Waals surface area contributed by atoms with Crippen LogP contribution >= 0.6 is 23.2 Å². The molecule has 18 heavy (non-hydrogen) atoms. The molecule has 1 fully saturated rings. The van der Waals surface area contributed by atoms with Gasteiger partial charge in [0.05, 0.1) is 21.6 Å². The number of hydrogen-bond acceptors (Lipinski definition) is 3. The van der Waals surface area contributed by atoms with Gasteiger partial charge in [0.15, 0.2) is 9.84 Å². The molecule has 1 aromatic rings. The third-order valence-corrected chi connectivity index (χ3v) is 5.64. The predicted molar refractivity (Wildman–Crippen MR) is 75.1 cm³/mol. The summed E-state index contributed by atoms with van der Waals surface area (Å²) in [4.78, 5) is 0. The van der Waals surface area contributed by atoms with Crippen LogP contribution in [0.5, 0.6) is 0 Å². The molecule has 1 aliphatic rings. The molecule has 1 heterocycles. The average molecular weight is 308 g/mol. The Hall–Kier alpha value is -0.290. The fraction of sp³-hybridized carbons (Fsp3) is 0.500. The molecule has 0 radical (unpaired) electrons. The molecule has 2 unspecified atom stereocenters. The summed E-state index contributed by atoms with van der Waals surface area (Å²) in [5.41, 5.74) is 0.867. The van der Waals surface area contributed by atoms with Gasteiger partial charge in [-0.3, -0.25) is 0 Å². The first-order valence-electron chi connectivity index (χ1n) is 5.82. The van der Waals surface area contributed by atoms with E-state index in [1.165, 1.54) is 0 Å². The van der Waals surface area contributed by atoms with Crippen LogP contribution in [0.25, 0.3) is 0 Å². The molecular weight excluding hydrogens is 293 g/mol. The molecule has 100 valence electrons. The van der Waals surface area contributed by atoms with Crippen molar-refractivity contribution < 1.29 is 8.42 Å². The van der Waals surface area contributed by atoms with Gasteiger partial charge in [-0.2, -0.15) is 0 Å². The van der Waals surface area contributed by atoms with Crippen molar-refractivity contribution in [3.8, 4) is 0 Å². The number of nitrogens with one attached hydrogen (secondary N) is 1.